The molecule has 0 aliphatic heterocycles. The van der Waals surface area contributed by atoms with E-state index in [0.717, 1.165) is 18.7 Å². The molecule has 1 aliphatic rings. The zero-order chi connectivity index (χ0) is 10.7. The Morgan fingerprint density at radius 2 is 2.20 bits per heavy atom. The van der Waals surface area contributed by atoms with Crippen molar-refractivity contribution in [1.82, 2.24) is 9.97 Å². The molecule has 1 saturated carbocycles. The summed E-state index contributed by atoms with van der Waals surface area (Å²) in [5.41, 5.74) is 0. The largest absolute Gasteiger partial charge is 0.408 e. The van der Waals surface area contributed by atoms with E-state index in [4.69, 9.17) is 4.74 Å². The molecular formula is C11H14N2O2. The highest BCUT2D eigenvalue weighted by Crippen LogP contribution is 2.32. The van der Waals surface area contributed by atoms with Crippen LogP contribution in [0.3, 0.4) is 0 Å². The molecule has 0 unspecified atom stereocenters. The molecule has 80 valence electrons. The summed E-state index contributed by atoms with van der Waals surface area (Å²) in [7, 11) is 0. The Labute approximate surface area is 88.7 Å². The van der Waals surface area contributed by atoms with E-state index in [1.165, 1.54) is 19.8 Å². The summed E-state index contributed by atoms with van der Waals surface area (Å²) < 4.78 is 4.92. The summed E-state index contributed by atoms with van der Waals surface area (Å²) in [5, 5.41) is 0. The summed E-state index contributed by atoms with van der Waals surface area (Å²) in [6.45, 7) is 1.37. The lowest BCUT2D eigenvalue weighted by Gasteiger charge is -2.07. The average Bonchev–Trinajstić information content (AvgIpc) is 2.69. The second-order valence-corrected chi connectivity index (χ2v) is 3.83. The number of rotatable bonds is 2. The molecule has 0 amide bonds. The number of ether oxygens (including phenoxy) is 1. The third-order valence-electron chi connectivity index (χ3n) is 2.62. The van der Waals surface area contributed by atoms with Gasteiger partial charge in [0.25, 0.3) is 0 Å². The summed E-state index contributed by atoms with van der Waals surface area (Å²) in [5.74, 6) is 1.28. The molecule has 0 atom stereocenters. The topological polar surface area (TPSA) is 52.1 Å². The molecule has 1 aromatic heterocycles. The van der Waals surface area contributed by atoms with Crippen molar-refractivity contribution >= 4 is 5.97 Å². The van der Waals surface area contributed by atoms with Crippen LogP contribution in [-0.2, 0) is 4.79 Å². The van der Waals surface area contributed by atoms with Crippen LogP contribution < -0.4 is 4.74 Å². The molecule has 1 aliphatic carbocycles. The number of carbonyl (C=O) groups is 1. The molecule has 1 aromatic rings. The number of nitrogens with zero attached hydrogens (tertiary/aromatic N) is 2. The third-order valence-corrected chi connectivity index (χ3v) is 2.62. The highest BCUT2D eigenvalue weighted by molar-refractivity contribution is 5.68. The van der Waals surface area contributed by atoms with Crippen molar-refractivity contribution in [2.45, 2.75) is 38.5 Å². The maximum Gasteiger partial charge on any atom is 0.309 e. The highest BCUT2D eigenvalue weighted by Gasteiger charge is 2.20. The molecule has 4 nitrogen and oxygen atoms in total. The van der Waals surface area contributed by atoms with E-state index in [1.54, 1.807) is 12.3 Å². The van der Waals surface area contributed by atoms with E-state index in [2.05, 4.69) is 9.97 Å². The van der Waals surface area contributed by atoms with E-state index < -0.39 is 0 Å². The van der Waals surface area contributed by atoms with Gasteiger partial charge in [-0.1, -0.05) is 12.8 Å². The zero-order valence-electron chi connectivity index (χ0n) is 8.77. The quantitative estimate of drug-likeness (QED) is 0.695. The molecule has 0 radical (unpaired) electrons. The maximum atomic E-state index is 10.8. The minimum absolute atomic E-state index is 0.342. The van der Waals surface area contributed by atoms with Gasteiger partial charge in [-0.25, -0.2) is 4.98 Å². The van der Waals surface area contributed by atoms with Crippen LogP contribution in [0.25, 0.3) is 0 Å². The summed E-state index contributed by atoms with van der Waals surface area (Å²) >= 11 is 0. The van der Waals surface area contributed by atoms with Crippen molar-refractivity contribution in [3.8, 4) is 5.88 Å². The van der Waals surface area contributed by atoms with Gasteiger partial charge in [0.1, 0.15) is 5.82 Å². The Hall–Kier alpha value is -1.45. The van der Waals surface area contributed by atoms with Crippen molar-refractivity contribution in [3.63, 3.8) is 0 Å². The van der Waals surface area contributed by atoms with Crippen LogP contribution in [0, 0.1) is 0 Å². The third kappa shape index (κ3) is 2.52. The van der Waals surface area contributed by atoms with E-state index in [9.17, 15) is 4.79 Å². The number of carbonyl (C=O) groups excluding carboxylic acids is 1. The Balaban J connectivity index is 2.14. The molecule has 0 aromatic carbocycles. The first-order valence-corrected chi connectivity index (χ1v) is 5.27. The van der Waals surface area contributed by atoms with Gasteiger partial charge in [0.15, 0.2) is 0 Å². The van der Waals surface area contributed by atoms with Crippen LogP contribution in [0.4, 0.5) is 0 Å². The second kappa shape index (κ2) is 4.38. The van der Waals surface area contributed by atoms with Gasteiger partial charge in [-0.05, 0) is 12.8 Å². The molecule has 15 heavy (non-hydrogen) atoms. The van der Waals surface area contributed by atoms with E-state index in [0.29, 0.717) is 11.8 Å². The Kier molecular flexibility index (Phi) is 2.94. The fraction of sp³-hybridized carbons (Fsp3) is 0.545. The van der Waals surface area contributed by atoms with Crippen molar-refractivity contribution < 1.29 is 9.53 Å². The highest BCUT2D eigenvalue weighted by atomic mass is 16.5. The van der Waals surface area contributed by atoms with Gasteiger partial charge in [0.2, 0.25) is 5.88 Å². The predicted molar refractivity (Wildman–Crippen MR) is 54.6 cm³/mol. The number of hydrogen-bond acceptors (Lipinski definition) is 4. The first kappa shape index (κ1) is 10.1. The fourth-order valence-electron chi connectivity index (χ4n) is 1.94. The molecule has 0 N–H and O–H groups in total. The van der Waals surface area contributed by atoms with Gasteiger partial charge in [-0.2, -0.15) is 4.98 Å². The smallest absolute Gasteiger partial charge is 0.309 e. The van der Waals surface area contributed by atoms with Crippen LogP contribution in [-0.4, -0.2) is 15.9 Å². The molecular weight excluding hydrogens is 192 g/mol. The van der Waals surface area contributed by atoms with Gasteiger partial charge >= 0.3 is 5.97 Å². The van der Waals surface area contributed by atoms with Gasteiger partial charge < -0.3 is 4.74 Å². The van der Waals surface area contributed by atoms with Gasteiger partial charge in [0, 0.05) is 25.1 Å². The maximum absolute atomic E-state index is 10.8. The van der Waals surface area contributed by atoms with Crippen LogP contribution in [0.15, 0.2) is 12.3 Å². The monoisotopic (exact) mass is 206 g/mol. The fourth-order valence-corrected chi connectivity index (χ4v) is 1.94. The lowest BCUT2D eigenvalue weighted by Crippen LogP contribution is -2.06. The number of hydrogen-bond donors (Lipinski definition) is 0. The van der Waals surface area contributed by atoms with Crippen molar-refractivity contribution in [1.29, 1.82) is 0 Å². The van der Waals surface area contributed by atoms with Crippen molar-refractivity contribution in [3.05, 3.63) is 18.1 Å². The van der Waals surface area contributed by atoms with Crippen LogP contribution in [0.5, 0.6) is 5.88 Å². The van der Waals surface area contributed by atoms with Gasteiger partial charge in [-0.3, -0.25) is 4.79 Å². The zero-order valence-corrected chi connectivity index (χ0v) is 8.77. The molecule has 1 fully saturated rings. The normalized spacial score (nSPS) is 16.6. The Bertz CT molecular complexity index is 359. The summed E-state index contributed by atoms with van der Waals surface area (Å²) in [4.78, 5) is 19.2. The van der Waals surface area contributed by atoms with Crippen molar-refractivity contribution in [2.75, 3.05) is 0 Å². The number of esters is 1. The molecule has 0 spiro atoms. The standard InChI is InChI=1S/C11H14N2O2/c1-8(14)15-10-6-7-12-11(13-10)9-4-2-3-5-9/h6-7,9H,2-5H2,1H3. The minimum Gasteiger partial charge on any atom is -0.408 e. The van der Waals surface area contributed by atoms with Crippen molar-refractivity contribution in [2.24, 2.45) is 0 Å². The van der Waals surface area contributed by atoms with Gasteiger partial charge in [0.05, 0.1) is 0 Å². The predicted octanol–water partition coefficient (Wildman–Crippen LogP) is 2.06. The van der Waals surface area contributed by atoms with E-state index >= 15 is 0 Å². The first-order chi connectivity index (χ1) is 7.25. The molecule has 0 saturated heterocycles. The van der Waals surface area contributed by atoms with E-state index in [1.807, 2.05) is 0 Å². The summed E-state index contributed by atoms with van der Waals surface area (Å²) in [6, 6.07) is 1.61. The molecule has 1 heterocycles. The Morgan fingerprint density at radius 1 is 1.47 bits per heavy atom. The summed E-state index contributed by atoms with van der Waals surface area (Å²) in [6.07, 6.45) is 6.42. The number of aromatic nitrogens is 2. The first-order valence-electron chi connectivity index (χ1n) is 5.27. The van der Waals surface area contributed by atoms with Crippen LogP contribution in [0.1, 0.15) is 44.3 Å². The second-order valence-electron chi connectivity index (χ2n) is 3.83. The molecule has 2 rings (SSSR count). The average molecular weight is 206 g/mol. The Morgan fingerprint density at radius 3 is 2.87 bits per heavy atom. The molecule has 0 bridgehead atoms. The SMILES string of the molecule is CC(=O)Oc1ccnc(C2CCCC2)n1. The van der Waals surface area contributed by atoms with Crippen LogP contribution >= 0.6 is 0 Å². The molecule has 4 heteroatoms. The van der Waals surface area contributed by atoms with Gasteiger partial charge in [-0.15, -0.1) is 0 Å². The lowest BCUT2D eigenvalue weighted by molar-refractivity contribution is -0.132. The van der Waals surface area contributed by atoms with E-state index in [-0.39, 0.29) is 5.97 Å². The minimum atomic E-state index is -0.342. The van der Waals surface area contributed by atoms with Crippen LogP contribution in [0.2, 0.25) is 0 Å². The lowest BCUT2D eigenvalue weighted by atomic mass is 10.1.